The van der Waals surface area contributed by atoms with Gasteiger partial charge in [-0.15, -0.1) is 0 Å². The standard InChI is InChI=1S/C11H17NO2.2C4H10.C2H7N.3C2H6/c1-6-7-9(4)11(12(13)14)10(5)8(2)3;2*1-3-4-2;1-3-2;3*1-2/h6-8H,5H2,1-4H3;2*3-4H2,1-2H3;3H,1-2H3;3*1-2H3/b7-6-,11-9+;;;;;;. The Labute approximate surface area is 198 Å². The zero-order valence-corrected chi connectivity index (χ0v) is 24.5. The van der Waals surface area contributed by atoms with Gasteiger partial charge >= 0.3 is 0 Å². The molecule has 0 saturated heterocycles. The summed E-state index contributed by atoms with van der Waals surface area (Å²) in [6.07, 6.45) is 8.79. The van der Waals surface area contributed by atoms with E-state index in [2.05, 4.69) is 39.6 Å². The Bertz CT molecular complexity index is 363. The molecule has 0 aromatic carbocycles. The van der Waals surface area contributed by atoms with E-state index in [0.29, 0.717) is 11.1 Å². The van der Waals surface area contributed by atoms with Crippen molar-refractivity contribution in [3.05, 3.63) is 45.7 Å². The molecule has 0 aliphatic carbocycles. The Morgan fingerprint density at radius 3 is 1.29 bits per heavy atom. The minimum atomic E-state index is -0.363. The largest absolute Gasteiger partial charge is 0.323 e. The van der Waals surface area contributed by atoms with Crippen molar-refractivity contribution in [1.29, 1.82) is 0 Å². The summed E-state index contributed by atoms with van der Waals surface area (Å²) in [5.74, 6) is 0.0932. The molecule has 0 unspecified atom stereocenters. The minimum Gasteiger partial charge on any atom is -0.323 e. The lowest BCUT2D eigenvalue weighted by Crippen LogP contribution is -2.08. The van der Waals surface area contributed by atoms with E-state index in [9.17, 15) is 10.1 Å². The number of nitrogens with zero attached hydrogens (tertiary/aromatic N) is 1. The number of nitro groups is 1. The molecular formula is C27H62N2O2. The van der Waals surface area contributed by atoms with Gasteiger partial charge in [0.15, 0.2) is 0 Å². The summed E-state index contributed by atoms with van der Waals surface area (Å²) < 4.78 is 0. The van der Waals surface area contributed by atoms with Gasteiger partial charge in [-0.2, -0.15) is 0 Å². The molecule has 31 heavy (non-hydrogen) atoms. The second-order valence-corrected chi connectivity index (χ2v) is 5.97. The summed E-state index contributed by atoms with van der Waals surface area (Å²) in [4.78, 5) is 10.5. The molecule has 0 spiro atoms. The molecule has 0 aromatic rings. The van der Waals surface area contributed by atoms with Crippen LogP contribution in [0.1, 0.15) is 123 Å². The highest BCUT2D eigenvalue weighted by Gasteiger charge is 2.20. The van der Waals surface area contributed by atoms with E-state index in [-0.39, 0.29) is 16.5 Å². The SMILES string of the molecule is C=C(/C(=C(C)\C=C/C)[N+](=O)[O-])C(C)C.CC.CC.CC.CCCC.CCCC.CNC. The lowest BCUT2D eigenvalue weighted by Gasteiger charge is -2.07. The van der Waals surface area contributed by atoms with E-state index in [1.165, 1.54) is 25.7 Å². The predicted molar refractivity (Wildman–Crippen MR) is 149 cm³/mol. The highest BCUT2D eigenvalue weighted by Crippen LogP contribution is 2.21. The second-order valence-electron chi connectivity index (χ2n) is 5.97. The third kappa shape index (κ3) is 52.7. The van der Waals surface area contributed by atoms with Gasteiger partial charge in [0.1, 0.15) is 0 Å². The van der Waals surface area contributed by atoms with Gasteiger partial charge in [-0.3, -0.25) is 10.1 Å². The Balaban J connectivity index is -0.0000000558. The molecule has 4 heteroatoms. The van der Waals surface area contributed by atoms with Crippen molar-refractivity contribution >= 4 is 0 Å². The topological polar surface area (TPSA) is 55.2 Å². The third-order valence-corrected chi connectivity index (χ3v) is 2.97. The third-order valence-electron chi connectivity index (χ3n) is 2.97. The highest BCUT2D eigenvalue weighted by atomic mass is 16.6. The van der Waals surface area contributed by atoms with Crippen LogP contribution in [0.5, 0.6) is 0 Å². The Hall–Kier alpha value is -1.42. The maximum absolute atomic E-state index is 10.8. The molecule has 0 aliphatic heterocycles. The molecule has 0 amide bonds. The average molecular weight is 447 g/mol. The van der Waals surface area contributed by atoms with Crippen molar-refractivity contribution in [1.82, 2.24) is 5.32 Å². The Kier molecular flexibility index (Phi) is 78.5. The first-order valence-corrected chi connectivity index (χ1v) is 12.4. The van der Waals surface area contributed by atoms with Crippen molar-refractivity contribution in [3.8, 4) is 0 Å². The molecule has 0 rings (SSSR count). The maximum atomic E-state index is 10.8. The van der Waals surface area contributed by atoms with E-state index in [4.69, 9.17) is 0 Å². The summed E-state index contributed by atoms with van der Waals surface area (Å²) in [7, 11) is 3.75. The van der Waals surface area contributed by atoms with Crippen LogP contribution >= 0.6 is 0 Å². The van der Waals surface area contributed by atoms with Crippen LogP contribution in [-0.4, -0.2) is 19.0 Å². The zero-order valence-electron chi connectivity index (χ0n) is 24.5. The van der Waals surface area contributed by atoms with E-state index < -0.39 is 0 Å². The molecule has 4 nitrogen and oxygen atoms in total. The number of hydrogen-bond acceptors (Lipinski definition) is 3. The number of unbranched alkanes of at least 4 members (excludes halogenated alkanes) is 2. The lowest BCUT2D eigenvalue weighted by molar-refractivity contribution is -0.422. The highest BCUT2D eigenvalue weighted by molar-refractivity contribution is 5.33. The summed E-state index contributed by atoms with van der Waals surface area (Å²) in [5, 5.41) is 13.6. The molecule has 192 valence electrons. The number of hydrogen-bond donors (Lipinski definition) is 1. The van der Waals surface area contributed by atoms with E-state index in [0.717, 1.165) is 0 Å². The Morgan fingerprint density at radius 2 is 1.16 bits per heavy atom. The van der Waals surface area contributed by atoms with Crippen LogP contribution in [0.4, 0.5) is 0 Å². The first-order valence-electron chi connectivity index (χ1n) is 12.4. The molecule has 0 atom stereocenters. The van der Waals surface area contributed by atoms with Crippen molar-refractivity contribution in [2.24, 2.45) is 5.92 Å². The fourth-order valence-electron chi connectivity index (χ4n) is 1.12. The van der Waals surface area contributed by atoms with Crippen molar-refractivity contribution in [3.63, 3.8) is 0 Å². The van der Waals surface area contributed by atoms with Crippen molar-refractivity contribution in [2.75, 3.05) is 14.1 Å². The summed E-state index contributed by atoms with van der Waals surface area (Å²) in [6, 6.07) is 0. The number of allylic oxidation sites excluding steroid dienone is 4. The maximum Gasteiger partial charge on any atom is 0.275 e. The summed E-state index contributed by atoms with van der Waals surface area (Å²) in [5.41, 5.74) is 1.36. The van der Waals surface area contributed by atoms with Crippen molar-refractivity contribution < 1.29 is 4.92 Å². The van der Waals surface area contributed by atoms with Crippen LogP contribution in [0.3, 0.4) is 0 Å². The van der Waals surface area contributed by atoms with Gasteiger partial charge in [-0.25, -0.2) is 0 Å². The fourth-order valence-corrected chi connectivity index (χ4v) is 1.12. The molecule has 0 aromatic heterocycles. The van der Waals surface area contributed by atoms with Gasteiger partial charge < -0.3 is 5.32 Å². The van der Waals surface area contributed by atoms with Gasteiger partial charge in [0.2, 0.25) is 0 Å². The molecule has 0 radical (unpaired) electrons. The van der Waals surface area contributed by atoms with E-state index in [1.807, 2.05) is 76.4 Å². The quantitative estimate of drug-likeness (QED) is 0.251. The lowest BCUT2D eigenvalue weighted by atomic mass is 9.99. The molecule has 1 N–H and O–H groups in total. The van der Waals surface area contributed by atoms with E-state index in [1.54, 1.807) is 19.1 Å². The normalized spacial score (nSPS) is 9.06. The predicted octanol–water partition coefficient (Wildman–Crippen LogP) is 9.85. The molecule has 0 fully saturated rings. The summed E-state index contributed by atoms with van der Waals surface area (Å²) in [6.45, 7) is 31.8. The van der Waals surface area contributed by atoms with Crippen LogP contribution in [0.25, 0.3) is 0 Å². The fraction of sp³-hybridized carbons (Fsp3) is 0.778. The molecule has 0 heterocycles. The van der Waals surface area contributed by atoms with Crippen LogP contribution in [0.2, 0.25) is 0 Å². The van der Waals surface area contributed by atoms with Crippen LogP contribution in [0.15, 0.2) is 35.6 Å². The summed E-state index contributed by atoms with van der Waals surface area (Å²) >= 11 is 0. The van der Waals surface area contributed by atoms with Gasteiger partial charge in [0.05, 0.1) is 4.92 Å². The van der Waals surface area contributed by atoms with Crippen LogP contribution < -0.4 is 5.32 Å². The van der Waals surface area contributed by atoms with Crippen LogP contribution in [0, 0.1) is 16.0 Å². The molecule has 0 aliphatic rings. The first-order chi connectivity index (χ1) is 14.7. The molecule has 0 saturated carbocycles. The average Bonchev–Trinajstić information content (AvgIpc) is 2.78. The first kappa shape index (κ1) is 47.4. The monoisotopic (exact) mass is 446 g/mol. The van der Waals surface area contributed by atoms with Crippen molar-refractivity contribution in [2.45, 2.75) is 123 Å². The minimum absolute atomic E-state index is 0.0932. The Morgan fingerprint density at radius 1 is 0.903 bits per heavy atom. The van der Waals surface area contributed by atoms with Crippen LogP contribution in [-0.2, 0) is 0 Å². The van der Waals surface area contributed by atoms with Gasteiger partial charge in [-0.1, -0.05) is 127 Å². The smallest absolute Gasteiger partial charge is 0.275 e. The van der Waals surface area contributed by atoms with Gasteiger partial charge in [0, 0.05) is 11.1 Å². The van der Waals surface area contributed by atoms with Gasteiger partial charge in [-0.05, 0) is 33.9 Å². The number of nitrogens with one attached hydrogen (secondary N) is 1. The molecule has 0 bridgehead atoms. The number of rotatable bonds is 6. The molecular weight excluding hydrogens is 384 g/mol. The second kappa shape index (κ2) is 51.3. The van der Waals surface area contributed by atoms with Gasteiger partial charge in [0.25, 0.3) is 5.70 Å². The zero-order chi connectivity index (χ0) is 26.8. The van der Waals surface area contributed by atoms with E-state index >= 15 is 0 Å².